The van der Waals surface area contributed by atoms with Crippen molar-refractivity contribution in [2.24, 2.45) is 11.8 Å². The summed E-state index contributed by atoms with van der Waals surface area (Å²) >= 11 is 3.45. The highest BCUT2D eigenvalue weighted by Gasteiger charge is 2.31. The minimum atomic E-state index is -0.767. The maximum atomic E-state index is 12.6. The molecule has 0 bridgehead atoms. The zero-order valence-electron chi connectivity index (χ0n) is 13.8. The molecule has 1 aliphatic carbocycles. The average molecular weight is 398 g/mol. The van der Waals surface area contributed by atoms with Crippen molar-refractivity contribution in [3.8, 4) is 0 Å². The molecule has 1 aliphatic rings. The SMILES string of the molecule is COCCC(Cc1cccc(Br)c1)C(=O)N[C@@H]1CC[C@H](C(=O)O)C1. The first kappa shape index (κ1) is 18.9. The number of amides is 1. The number of ether oxygens (including phenoxy) is 1. The van der Waals surface area contributed by atoms with E-state index >= 15 is 0 Å². The fraction of sp³-hybridized carbons (Fsp3) is 0.556. The molecule has 0 heterocycles. The summed E-state index contributed by atoms with van der Waals surface area (Å²) in [5.41, 5.74) is 1.09. The third-order valence-corrected chi connectivity index (χ3v) is 5.03. The van der Waals surface area contributed by atoms with E-state index in [0.717, 1.165) is 16.5 Å². The highest BCUT2D eigenvalue weighted by molar-refractivity contribution is 9.10. The molecule has 0 spiro atoms. The van der Waals surface area contributed by atoms with Crippen LogP contribution in [-0.4, -0.2) is 36.7 Å². The van der Waals surface area contributed by atoms with Crippen LogP contribution in [0.15, 0.2) is 28.7 Å². The van der Waals surface area contributed by atoms with Gasteiger partial charge in [0.15, 0.2) is 0 Å². The maximum absolute atomic E-state index is 12.6. The van der Waals surface area contributed by atoms with E-state index in [2.05, 4.69) is 21.2 Å². The number of carbonyl (C=O) groups is 2. The number of aliphatic carboxylic acids is 1. The molecule has 0 radical (unpaired) electrons. The number of carbonyl (C=O) groups excluding carboxylic acids is 1. The third-order valence-electron chi connectivity index (χ3n) is 4.54. The van der Waals surface area contributed by atoms with Gasteiger partial charge in [0.2, 0.25) is 5.91 Å². The molecule has 1 aromatic rings. The van der Waals surface area contributed by atoms with Crippen LogP contribution in [0.4, 0.5) is 0 Å². The molecule has 0 aromatic heterocycles. The highest BCUT2D eigenvalue weighted by Crippen LogP contribution is 2.26. The number of halogens is 1. The van der Waals surface area contributed by atoms with E-state index in [-0.39, 0.29) is 23.8 Å². The number of carboxylic acids is 1. The first-order chi connectivity index (χ1) is 11.5. The first-order valence-electron chi connectivity index (χ1n) is 8.26. The number of hydrogen-bond acceptors (Lipinski definition) is 3. The Morgan fingerprint density at radius 1 is 1.42 bits per heavy atom. The Hall–Kier alpha value is -1.40. The predicted molar refractivity (Wildman–Crippen MR) is 94.7 cm³/mol. The van der Waals surface area contributed by atoms with Crippen molar-refractivity contribution in [1.29, 1.82) is 0 Å². The predicted octanol–water partition coefficient (Wildman–Crippen LogP) is 3.01. The molecule has 5 nitrogen and oxygen atoms in total. The Labute approximate surface area is 150 Å². The number of carboxylic acid groups (broad SMARTS) is 1. The molecular formula is C18H24BrNO4. The van der Waals surface area contributed by atoms with Crippen LogP contribution in [0.5, 0.6) is 0 Å². The third kappa shape index (κ3) is 5.60. The van der Waals surface area contributed by atoms with Crippen molar-refractivity contribution < 1.29 is 19.4 Å². The summed E-state index contributed by atoms with van der Waals surface area (Å²) in [4.78, 5) is 23.7. The Morgan fingerprint density at radius 3 is 2.83 bits per heavy atom. The van der Waals surface area contributed by atoms with Gasteiger partial charge in [0.05, 0.1) is 5.92 Å². The van der Waals surface area contributed by atoms with Crippen molar-refractivity contribution in [2.75, 3.05) is 13.7 Å². The molecule has 3 atom stereocenters. The second-order valence-electron chi connectivity index (χ2n) is 6.37. The average Bonchev–Trinajstić information content (AvgIpc) is 3.00. The molecule has 2 rings (SSSR count). The largest absolute Gasteiger partial charge is 0.481 e. The fourth-order valence-electron chi connectivity index (χ4n) is 3.19. The number of benzene rings is 1. The number of hydrogen-bond donors (Lipinski definition) is 2. The monoisotopic (exact) mass is 397 g/mol. The number of methoxy groups -OCH3 is 1. The lowest BCUT2D eigenvalue weighted by molar-refractivity contribution is -0.141. The van der Waals surface area contributed by atoms with Gasteiger partial charge in [0.1, 0.15) is 0 Å². The summed E-state index contributed by atoms with van der Waals surface area (Å²) < 4.78 is 6.13. The summed E-state index contributed by atoms with van der Waals surface area (Å²) in [6.07, 6.45) is 3.17. The van der Waals surface area contributed by atoms with Crippen LogP contribution in [0.1, 0.15) is 31.2 Å². The van der Waals surface area contributed by atoms with Gasteiger partial charge in [-0.2, -0.15) is 0 Å². The minimum Gasteiger partial charge on any atom is -0.481 e. The van der Waals surface area contributed by atoms with E-state index in [0.29, 0.717) is 32.3 Å². The normalized spacial score (nSPS) is 21.4. The topological polar surface area (TPSA) is 75.6 Å². The minimum absolute atomic E-state index is 0.0111. The summed E-state index contributed by atoms with van der Waals surface area (Å²) in [7, 11) is 1.63. The van der Waals surface area contributed by atoms with Gasteiger partial charge in [-0.05, 0) is 49.8 Å². The molecule has 6 heteroatoms. The van der Waals surface area contributed by atoms with Crippen molar-refractivity contribution in [3.05, 3.63) is 34.3 Å². The molecule has 1 aromatic carbocycles. The summed E-state index contributed by atoms with van der Waals surface area (Å²) in [6.45, 7) is 0.522. The lowest BCUT2D eigenvalue weighted by Crippen LogP contribution is -2.39. The Morgan fingerprint density at radius 2 is 2.21 bits per heavy atom. The van der Waals surface area contributed by atoms with Gasteiger partial charge in [-0.1, -0.05) is 28.1 Å². The van der Waals surface area contributed by atoms with E-state index < -0.39 is 5.97 Å². The van der Waals surface area contributed by atoms with Crippen LogP contribution in [0.2, 0.25) is 0 Å². The Kier molecular flexibility index (Phi) is 7.24. The smallest absolute Gasteiger partial charge is 0.306 e. The van der Waals surface area contributed by atoms with E-state index in [4.69, 9.17) is 9.84 Å². The molecule has 1 saturated carbocycles. The van der Waals surface area contributed by atoms with Gasteiger partial charge in [0.25, 0.3) is 0 Å². The van der Waals surface area contributed by atoms with E-state index in [9.17, 15) is 9.59 Å². The highest BCUT2D eigenvalue weighted by atomic mass is 79.9. The van der Waals surface area contributed by atoms with Crippen molar-refractivity contribution in [3.63, 3.8) is 0 Å². The molecule has 1 unspecified atom stereocenters. The van der Waals surface area contributed by atoms with Gasteiger partial charge in [-0.15, -0.1) is 0 Å². The maximum Gasteiger partial charge on any atom is 0.306 e. The molecule has 1 amide bonds. The molecular weight excluding hydrogens is 374 g/mol. The van der Waals surface area contributed by atoms with Crippen molar-refractivity contribution >= 4 is 27.8 Å². The van der Waals surface area contributed by atoms with Crippen molar-refractivity contribution in [2.45, 2.75) is 38.1 Å². The standard InChI is InChI=1S/C18H24BrNO4/c1-24-8-7-13(9-12-3-2-4-15(19)10-12)17(21)20-16-6-5-14(11-16)18(22)23/h2-4,10,13-14,16H,5-9,11H2,1H3,(H,20,21)(H,22,23)/t13?,14-,16+/m0/s1. The molecule has 0 saturated heterocycles. The van der Waals surface area contributed by atoms with Crippen LogP contribution < -0.4 is 5.32 Å². The van der Waals surface area contributed by atoms with E-state index in [1.54, 1.807) is 7.11 Å². The Bertz CT molecular complexity index is 578. The quantitative estimate of drug-likeness (QED) is 0.706. The van der Waals surface area contributed by atoms with Crippen LogP contribution in [0.25, 0.3) is 0 Å². The van der Waals surface area contributed by atoms with Crippen LogP contribution in [0.3, 0.4) is 0 Å². The van der Waals surface area contributed by atoms with Crippen LogP contribution >= 0.6 is 15.9 Å². The summed E-state index contributed by atoms with van der Waals surface area (Å²) in [5.74, 6) is -1.29. The van der Waals surface area contributed by atoms with E-state index in [1.165, 1.54) is 0 Å². The fourth-order valence-corrected chi connectivity index (χ4v) is 3.64. The van der Waals surface area contributed by atoms with Gasteiger partial charge >= 0.3 is 5.97 Å². The number of nitrogens with one attached hydrogen (secondary N) is 1. The van der Waals surface area contributed by atoms with Gasteiger partial charge in [0, 0.05) is 30.1 Å². The second-order valence-corrected chi connectivity index (χ2v) is 7.28. The van der Waals surface area contributed by atoms with Crippen LogP contribution in [-0.2, 0) is 20.7 Å². The summed E-state index contributed by atoms with van der Waals surface area (Å²) in [6, 6.07) is 7.90. The van der Waals surface area contributed by atoms with Gasteiger partial charge < -0.3 is 15.2 Å². The van der Waals surface area contributed by atoms with Crippen LogP contribution in [0, 0.1) is 11.8 Å². The van der Waals surface area contributed by atoms with Gasteiger partial charge in [-0.25, -0.2) is 0 Å². The Balaban J connectivity index is 1.96. The molecule has 1 fully saturated rings. The zero-order chi connectivity index (χ0) is 17.5. The lowest BCUT2D eigenvalue weighted by atomic mass is 9.95. The first-order valence-corrected chi connectivity index (χ1v) is 9.05. The molecule has 24 heavy (non-hydrogen) atoms. The molecule has 132 valence electrons. The summed E-state index contributed by atoms with van der Waals surface area (Å²) in [5, 5.41) is 12.1. The molecule has 0 aliphatic heterocycles. The second kappa shape index (κ2) is 9.18. The molecule has 2 N–H and O–H groups in total. The van der Waals surface area contributed by atoms with E-state index in [1.807, 2.05) is 24.3 Å². The van der Waals surface area contributed by atoms with Gasteiger partial charge in [-0.3, -0.25) is 9.59 Å². The zero-order valence-corrected chi connectivity index (χ0v) is 15.4. The van der Waals surface area contributed by atoms with Crippen molar-refractivity contribution in [1.82, 2.24) is 5.32 Å². The lowest BCUT2D eigenvalue weighted by Gasteiger charge is -2.20. The number of rotatable bonds is 8.